The van der Waals surface area contributed by atoms with Crippen LogP contribution in [0, 0.1) is 0 Å². The van der Waals surface area contributed by atoms with Crippen LogP contribution in [-0.2, 0) is 11.3 Å². The standard InChI is InChI=1S/C23H29Cl2N3O4/c1-15(29)27-21-10-20(25)22(31)11-23(21)32-14-19(30)12-26-18-6-8-28(9-7-18)13-16-2-4-17(24)5-3-16/h2-5,10-11,18-19,26,30-31H,6-9,12-14H2,1H3,(H,27,29)/p+2/t19-/m0/s1. The van der Waals surface area contributed by atoms with Crippen molar-refractivity contribution in [3.05, 3.63) is 52.0 Å². The molecule has 1 aliphatic rings. The van der Waals surface area contributed by atoms with Gasteiger partial charge in [-0.15, -0.1) is 0 Å². The first-order chi connectivity index (χ1) is 15.3. The van der Waals surface area contributed by atoms with Crippen LogP contribution in [0.25, 0.3) is 0 Å². The van der Waals surface area contributed by atoms with Crippen LogP contribution >= 0.6 is 23.2 Å². The van der Waals surface area contributed by atoms with Gasteiger partial charge in [0.25, 0.3) is 0 Å². The summed E-state index contributed by atoms with van der Waals surface area (Å²) in [6.07, 6.45) is 1.50. The molecule has 1 heterocycles. The second-order valence-electron chi connectivity index (χ2n) is 8.31. The zero-order chi connectivity index (χ0) is 23.1. The molecule has 1 aliphatic heterocycles. The first kappa shape index (κ1) is 24.6. The number of nitrogens with two attached hydrogens (primary N) is 1. The highest BCUT2D eigenvalue weighted by Crippen LogP contribution is 2.35. The van der Waals surface area contributed by atoms with Gasteiger partial charge in [-0.05, 0) is 18.2 Å². The molecule has 32 heavy (non-hydrogen) atoms. The maximum absolute atomic E-state index is 11.4. The summed E-state index contributed by atoms with van der Waals surface area (Å²) in [5, 5.41) is 25.9. The van der Waals surface area contributed by atoms with Crippen molar-refractivity contribution in [2.45, 2.75) is 38.5 Å². The van der Waals surface area contributed by atoms with E-state index in [0.29, 0.717) is 18.3 Å². The molecule has 174 valence electrons. The molecule has 0 spiro atoms. The van der Waals surface area contributed by atoms with E-state index in [1.165, 1.54) is 24.6 Å². The fourth-order valence-electron chi connectivity index (χ4n) is 3.90. The van der Waals surface area contributed by atoms with Gasteiger partial charge in [0.1, 0.15) is 37.3 Å². The minimum absolute atomic E-state index is 0.0464. The lowest BCUT2D eigenvalue weighted by Gasteiger charge is -2.28. The molecular formula is C23H31Cl2N3O4+2. The second-order valence-corrected chi connectivity index (χ2v) is 9.15. The van der Waals surface area contributed by atoms with Crippen LogP contribution in [0.4, 0.5) is 5.69 Å². The number of hydrogen-bond donors (Lipinski definition) is 5. The average molecular weight is 484 g/mol. The number of benzene rings is 2. The summed E-state index contributed by atoms with van der Waals surface area (Å²) in [6.45, 7) is 5.14. The normalized spacial score (nSPS) is 19.4. The number of carbonyl (C=O) groups excluding carboxylic acids is 1. The summed E-state index contributed by atoms with van der Waals surface area (Å²) in [6, 6.07) is 11.3. The lowest BCUT2D eigenvalue weighted by molar-refractivity contribution is -0.926. The molecule has 2 aromatic carbocycles. The molecule has 0 radical (unpaired) electrons. The molecule has 3 rings (SSSR count). The molecule has 0 saturated carbocycles. The first-order valence-corrected chi connectivity index (χ1v) is 11.6. The second kappa shape index (κ2) is 11.7. The molecule has 9 heteroatoms. The summed E-state index contributed by atoms with van der Waals surface area (Å²) in [5.74, 6) is -0.167. The van der Waals surface area contributed by atoms with Gasteiger partial charge in [0.05, 0.1) is 29.8 Å². The number of carbonyl (C=O) groups is 1. The fourth-order valence-corrected chi connectivity index (χ4v) is 4.19. The minimum Gasteiger partial charge on any atom is -0.506 e. The molecular weight excluding hydrogens is 453 g/mol. The monoisotopic (exact) mass is 483 g/mol. The van der Waals surface area contributed by atoms with Crippen molar-refractivity contribution >= 4 is 34.8 Å². The third kappa shape index (κ3) is 7.53. The third-order valence-corrected chi connectivity index (χ3v) is 6.19. The largest absolute Gasteiger partial charge is 0.506 e. The predicted octanol–water partition coefficient (Wildman–Crippen LogP) is 1.21. The van der Waals surface area contributed by atoms with Gasteiger partial charge in [-0.25, -0.2) is 0 Å². The smallest absolute Gasteiger partial charge is 0.221 e. The Hall–Kier alpha value is -2.03. The van der Waals surface area contributed by atoms with Gasteiger partial charge in [-0.2, -0.15) is 0 Å². The van der Waals surface area contributed by atoms with Gasteiger partial charge in [0.2, 0.25) is 5.91 Å². The van der Waals surface area contributed by atoms with Crippen LogP contribution in [0.2, 0.25) is 10.0 Å². The summed E-state index contributed by atoms with van der Waals surface area (Å²) >= 11 is 11.9. The van der Waals surface area contributed by atoms with Crippen LogP contribution in [0.3, 0.4) is 0 Å². The van der Waals surface area contributed by atoms with Crippen LogP contribution in [0.5, 0.6) is 11.5 Å². The molecule has 1 saturated heterocycles. The Labute approximate surface area is 198 Å². The number of hydrogen-bond acceptors (Lipinski definition) is 4. The number of rotatable bonds is 9. The number of anilines is 1. The highest BCUT2D eigenvalue weighted by Gasteiger charge is 2.25. The number of nitrogens with one attached hydrogen (secondary N) is 2. The number of phenols is 1. The van der Waals surface area contributed by atoms with Gasteiger partial charge in [-0.1, -0.05) is 35.3 Å². The zero-order valence-electron chi connectivity index (χ0n) is 18.1. The van der Waals surface area contributed by atoms with E-state index in [2.05, 4.69) is 22.8 Å². The number of ether oxygens (including phenoxy) is 1. The van der Waals surface area contributed by atoms with Crippen LogP contribution in [0.15, 0.2) is 36.4 Å². The molecule has 0 bridgehead atoms. The quantitative estimate of drug-likeness (QED) is 0.346. The summed E-state index contributed by atoms with van der Waals surface area (Å²) in [5.41, 5.74) is 1.65. The lowest BCUT2D eigenvalue weighted by atomic mass is 10.0. The number of aliphatic hydroxyl groups excluding tert-OH is 1. The molecule has 6 N–H and O–H groups in total. The van der Waals surface area contributed by atoms with Gasteiger partial charge in [-0.3, -0.25) is 4.79 Å². The van der Waals surface area contributed by atoms with Crippen molar-refractivity contribution in [2.24, 2.45) is 0 Å². The van der Waals surface area contributed by atoms with E-state index >= 15 is 0 Å². The van der Waals surface area contributed by atoms with Crippen LogP contribution < -0.4 is 20.3 Å². The molecule has 0 aliphatic carbocycles. The van der Waals surface area contributed by atoms with Crippen molar-refractivity contribution in [3.8, 4) is 11.5 Å². The number of aromatic hydroxyl groups is 1. The predicted molar refractivity (Wildman–Crippen MR) is 125 cm³/mol. The van der Waals surface area contributed by atoms with E-state index in [4.69, 9.17) is 27.9 Å². The maximum atomic E-state index is 11.4. The number of likely N-dealkylation sites (tertiary alicyclic amines) is 1. The zero-order valence-corrected chi connectivity index (χ0v) is 19.6. The number of amides is 1. The lowest BCUT2D eigenvalue weighted by Crippen LogP contribution is -3.13. The number of quaternary nitrogens is 2. The highest BCUT2D eigenvalue weighted by molar-refractivity contribution is 6.32. The highest BCUT2D eigenvalue weighted by atomic mass is 35.5. The summed E-state index contributed by atoms with van der Waals surface area (Å²) < 4.78 is 5.65. The molecule has 1 atom stereocenters. The number of piperidine rings is 1. The molecule has 7 nitrogen and oxygen atoms in total. The molecule has 0 unspecified atom stereocenters. The number of aliphatic hydroxyl groups is 1. The van der Waals surface area contributed by atoms with E-state index < -0.39 is 6.10 Å². The van der Waals surface area contributed by atoms with Gasteiger partial charge < -0.3 is 30.5 Å². The van der Waals surface area contributed by atoms with Crippen LogP contribution in [-0.4, -0.2) is 54.5 Å². The Bertz CT molecular complexity index is 903. The van der Waals surface area contributed by atoms with Gasteiger partial charge in [0.15, 0.2) is 0 Å². The fraction of sp³-hybridized carbons (Fsp3) is 0.435. The third-order valence-electron chi connectivity index (χ3n) is 5.64. The number of halogens is 2. The van der Waals surface area contributed by atoms with Crippen molar-refractivity contribution in [2.75, 3.05) is 31.6 Å². The van der Waals surface area contributed by atoms with E-state index in [0.717, 1.165) is 37.5 Å². The Kier molecular flexibility index (Phi) is 9.02. The summed E-state index contributed by atoms with van der Waals surface area (Å²) in [7, 11) is 0. The summed E-state index contributed by atoms with van der Waals surface area (Å²) in [4.78, 5) is 12.9. The Morgan fingerprint density at radius 3 is 2.59 bits per heavy atom. The Morgan fingerprint density at radius 2 is 1.94 bits per heavy atom. The van der Waals surface area contributed by atoms with Crippen LogP contribution in [0.1, 0.15) is 25.3 Å². The topological polar surface area (TPSA) is 99.8 Å². The first-order valence-electron chi connectivity index (χ1n) is 10.8. The van der Waals surface area contributed by atoms with Gasteiger partial charge >= 0.3 is 0 Å². The molecule has 1 fully saturated rings. The number of phenolic OH excluding ortho intramolecular Hbond substituents is 1. The Morgan fingerprint density at radius 1 is 1.25 bits per heavy atom. The van der Waals surface area contributed by atoms with Gasteiger partial charge in [0, 0.05) is 36.4 Å². The van der Waals surface area contributed by atoms with Crippen molar-refractivity contribution in [1.29, 1.82) is 0 Å². The molecule has 0 aromatic heterocycles. The Balaban J connectivity index is 1.40. The van der Waals surface area contributed by atoms with E-state index in [1.54, 1.807) is 4.90 Å². The molecule has 2 aromatic rings. The molecule has 1 amide bonds. The maximum Gasteiger partial charge on any atom is 0.221 e. The van der Waals surface area contributed by atoms with Crippen molar-refractivity contribution in [3.63, 3.8) is 0 Å². The minimum atomic E-state index is -0.683. The van der Waals surface area contributed by atoms with E-state index in [1.807, 2.05) is 12.1 Å². The SMILES string of the molecule is CC(=O)Nc1cc(Cl)c(O)cc1OC[C@@H](O)C[NH2+]C1CC[NH+](Cc2ccc(Cl)cc2)CC1. The van der Waals surface area contributed by atoms with E-state index in [9.17, 15) is 15.0 Å². The van der Waals surface area contributed by atoms with E-state index in [-0.39, 0.29) is 29.0 Å². The van der Waals surface area contributed by atoms with Crippen molar-refractivity contribution in [1.82, 2.24) is 0 Å². The average Bonchev–Trinajstić information content (AvgIpc) is 2.76. The van der Waals surface area contributed by atoms with Crippen molar-refractivity contribution < 1.29 is 30.0 Å².